The predicted molar refractivity (Wildman–Crippen MR) is 117 cm³/mol. The van der Waals surface area contributed by atoms with Crippen LogP contribution in [0.2, 0.25) is 5.02 Å². The topological polar surface area (TPSA) is 87.2 Å². The van der Waals surface area contributed by atoms with Crippen LogP contribution in [0.3, 0.4) is 0 Å². The van der Waals surface area contributed by atoms with Gasteiger partial charge in [0.05, 0.1) is 10.9 Å². The number of carbonyl (C=O) groups excluding carboxylic acids is 1. The molecule has 0 saturated carbocycles. The number of hydrogen-bond acceptors (Lipinski definition) is 5. The average Bonchev–Trinajstić information content (AvgIpc) is 2.80. The molecular formula is C23H15ClF3N3O3. The molecule has 0 aliphatic carbocycles. The summed E-state index contributed by atoms with van der Waals surface area (Å²) in [5.41, 5.74) is 4.87. The molecule has 2 N–H and O–H groups in total. The van der Waals surface area contributed by atoms with Crippen LogP contribution in [0.5, 0.6) is 0 Å². The highest BCUT2D eigenvalue weighted by Gasteiger charge is 2.24. The van der Waals surface area contributed by atoms with Crippen molar-refractivity contribution in [3.63, 3.8) is 0 Å². The molecule has 4 rings (SSSR count). The third-order valence-corrected chi connectivity index (χ3v) is 5.32. The lowest BCUT2D eigenvalue weighted by Crippen LogP contribution is -2.22. The number of nitrogens with two attached hydrogens (primary N) is 1. The standard InChI is InChI=1S/C23H15ClF3N3O3/c1-11-7-16(26)22(29-21(11)28)30-9-14(23(32)33-10-12-5-3-2-4-6-12)20(31)13-8-15(25)18(27)17(24)19(13)30/h2-9H,10H2,1H3,(H2,28,29). The summed E-state index contributed by atoms with van der Waals surface area (Å²) in [6.45, 7) is 1.37. The fourth-order valence-corrected chi connectivity index (χ4v) is 3.54. The van der Waals surface area contributed by atoms with E-state index in [2.05, 4.69) is 4.98 Å². The first-order chi connectivity index (χ1) is 15.7. The van der Waals surface area contributed by atoms with Crippen LogP contribution in [0.4, 0.5) is 19.0 Å². The number of aromatic nitrogens is 2. The molecule has 0 amide bonds. The average molecular weight is 474 g/mol. The number of benzene rings is 2. The van der Waals surface area contributed by atoms with Crippen LogP contribution in [0.15, 0.2) is 53.5 Å². The van der Waals surface area contributed by atoms with Gasteiger partial charge in [0.1, 0.15) is 23.0 Å². The summed E-state index contributed by atoms with van der Waals surface area (Å²) in [4.78, 5) is 29.7. The third-order valence-electron chi connectivity index (χ3n) is 4.97. The van der Waals surface area contributed by atoms with E-state index in [-0.39, 0.29) is 17.9 Å². The maximum absolute atomic E-state index is 14.8. The van der Waals surface area contributed by atoms with Gasteiger partial charge in [0, 0.05) is 6.20 Å². The van der Waals surface area contributed by atoms with Gasteiger partial charge < -0.3 is 10.5 Å². The lowest BCUT2D eigenvalue weighted by Gasteiger charge is -2.16. The molecule has 0 fully saturated rings. The molecule has 0 unspecified atom stereocenters. The molecule has 6 nitrogen and oxygen atoms in total. The number of hydrogen-bond donors (Lipinski definition) is 1. The first-order valence-corrected chi connectivity index (χ1v) is 9.93. The molecule has 4 aromatic rings. The van der Waals surface area contributed by atoms with Crippen molar-refractivity contribution in [3.8, 4) is 5.82 Å². The Bertz CT molecular complexity index is 1470. The van der Waals surface area contributed by atoms with Gasteiger partial charge in [0.25, 0.3) is 0 Å². The first-order valence-electron chi connectivity index (χ1n) is 9.56. The smallest absolute Gasteiger partial charge is 0.344 e. The Morgan fingerprint density at radius 1 is 1.15 bits per heavy atom. The molecule has 168 valence electrons. The number of ether oxygens (including phenoxy) is 1. The first kappa shape index (κ1) is 22.3. The van der Waals surface area contributed by atoms with Gasteiger partial charge in [-0.1, -0.05) is 41.9 Å². The number of fused-ring (bicyclic) bond motifs is 1. The van der Waals surface area contributed by atoms with Crippen molar-refractivity contribution >= 4 is 34.3 Å². The van der Waals surface area contributed by atoms with Gasteiger partial charge in [-0.3, -0.25) is 9.36 Å². The van der Waals surface area contributed by atoms with Crippen LogP contribution in [0.25, 0.3) is 16.7 Å². The van der Waals surface area contributed by atoms with E-state index >= 15 is 0 Å². The van der Waals surface area contributed by atoms with E-state index in [1.165, 1.54) is 6.92 Å². The number of nitrogens with zero attached hydrogens (tertiary/aromatic N) is 2. The third kappa shape index (κ3) is 4.03. The van der Waals surface area contributed by atoms with Crippen LogP contribution in [0, 0.1) is 24.4 Å². The van der Waals surface area contributed by atoms with Crippen LogP contribution in [0.1, 0.15) is 21.5 Å². The number of rotatable bonds is 4. The van der Waals surface area contributed by atoms with Gasteiger partial charge in [-0.15, -0.1) is 0 Å². The van der Waals surface area contributed by atoms with Crippen molar-refractivity contribution < 1.29 is 22.7 Å². The number of anilines is 1. The van der Waals surface area contributed by atoms with Crippen LogP contribution in [-0.2, 0) is 11.3 Å². The maximum Gasteiger partial charge on any atom is 0.344 e. The predicted octanol–water partition coefficient (Wildman–Crippen LogP) is 4.70. The fraction of sp³-hybridized carbons (Fsp3) is 0.0870. The number of esters is 1. The van der Waals surface area contributed by atoms with Crippen molar-refractivity contribution in [2.45, 2.75) is 13.5 Å². The molecule has 0 aliphatic rings. The minimum absolute atomic E-state index is 0.0508. The van der Waals surface area contributed by atoms with Gasteiger partial charge in [0.2, 0.25) is 5.43 Å². The second-order valence-electron chi connectivity index (χ2n) is 7.18. The largest absolute Gasteiger partial charge is 0.457 e. The summed E-state index contributed by atoms with van der Waals surface area (Å²) >= 11 is 5.98. The summed E-state index contributed by atoms with van der Waals surface area (Å²) in [5.74, 6) is -5.32. The van der Waals surface area contributed by atoms with Gasteiger partial charge >= 0.3 is 5.97 Å². The normalized spacial score (nSPS) is 11.1. The zero-order valence-corrected chi connectivity index (χ0v) is 17.8. The maximum atomic E-state index is 14.8. The number of halogens is 4. The van der Waals surface area contributed by atoms with Crippen molar-refractivity contribution in [3.05, 3.63) is 98.0 Å². The highest BCUT2D eigenvalue weighted by molar-refractivity contribution is 6.35. The van der Waals surface area contributed by atoms with Crippen molar-refractivity contribution in [1.29, 1.82) is 0 Å². The van der Waals surface area contributed by atoms with Crippen LogP contribution >= 0.6 is 11.6 Å². The number of carbonyl (C=O) groups is 1. The SMILES string of the molecule is Cc1cc(F)c(-n2cc(C(=O)OCc3ccccc3)c(=O)c3cc(F)c(F)c(Cl)c32)nc1N. The number of pyridine rings is 2. The second kappa shape index (κ2) is 8.59. The zero-order valence-electron chi connectivity index (χ0n) is 17.0. The number of nitrogen functional groups attached to an aromatic ring is 1. The van der Waals surface area contributed by atoms with Crippen molar-refractivity contribution in [2.24, 2.45) is 0 Å². The summed E-state index contributed by atoms with van der Waals surface area (Å²) in [6, 6.07) is 10.3. The summed E-state index contributed by atoms with van der Waals surface area (Å²) in [7, 11) is 0. The summed E-state index contributed by atoms with van der Waals surface area (Å²) in [5, 5.41) is -1.25. The molecule has 0 spiro atoms. The van der Waals surface area contributed by atoms with E-state index in [1.54, 1.807) is 30.3 Å². The Morgan fingerprint density at radius 2 is 1.85 bits per heavy atom. The minimum Gasteiger partial charge on any atom is -0.457 e. The summed E-state index contributed by atoms with van der Waals surface area (Å²) < 4.78 is 49.2. The van der Waals surface area contributed by atoms with Crippen LogP contribution < -0.4 is 11.2 Å². The Labute approximate surface area is 190 Å². The molecule has 0 saturated heterocycles. The molecule has 0 aliphatic heterocycles. The van der Waals surface area contributed by atoms with E-state index < -0.39 is 50.6 Å². The highest BCUT2D eigenvalue weighted by atomic mass is 35.5. The Kier molecular flexibility index (Phi) is 5.82. The fourth-order valence-electron chi connectivity index (χ4n) is 3.26. The molecule has 2 aromatic carbocycles. The van der Waals surface area contributed by atoms with Crippen LogP contribution in [-0.4, -0.2) is 15.5 Å². The Balaban J connectivity index is 1.95. The van der Waals surface area contributed by atoms with Gasteiger partial charge in [-0.25, -0.2) is 22.9 Å². The van der Waals surface area contributed by atoms with Gasteiger partial charge in [0.15, 0.2) is 23.3 Å². The lowest BCUT2D eigenvalue weighted by molar-refractivity contribution is 0.0470. The Morgan fingerprint density at radius 3 is 2.55 bits per heavy atom. The van der Waals surface area contributed by atoms with Crippen molar-refractivity contribution in [1.82, 2.24) is 9.55 Å². The molecule has 0 radical (unpaired) electrons. The molecular weight excluding hydrogens is 459 g/mol. The minimum atomic E-state index is -1.45. The van der Waals surface area contributed by atoms with E-state index in [1.807, 2.05) is 0 Å². The van der Waals surface area contributed by atoms with Gasteiger partial charge in [-0.05, 0) is 30.2 Å². The summed E-state index contributed by atoms with van der Waals surface area (Å²) in [6.07, 6.45) is 0.918. The molecule has 0 atom stereocenters. The zero-order chi connectivity index (χ0) is 23.9. The molecule has 2 aromatic heterocycles. The molecule has 2 heterocycles. The van der Waals surface area contributed by atoms with E-state index in [0.29, 0.717) is 17.2 Å². The van der Waals surface area contributed by atoms with E-state index in [9.17, 15) is 22.8 Å². The second-order valence-corrected chi connectivity index (χ2v) is 7.56. The molecule has 0 bridgehead atoms. The Hall–Kier alpha value is -3.85. The van der Waals surface area contributed by atoms with Gasteiger partial charge in [-0.2, -0.15) is 0 Å². The monoisotopic (exact) mass is 473 g/mol. The van der Waals surface area contributed by atoms with E-state index in [0.717, 1.165) is 16.8 Å². The highest BCUT2D eigenvalue weighted by Crippen LogP contribution is 2.30. The van der Waals surface area contributed by atoms with E-state index in [4.69, 9.17) is 22.1 Å². The molecule has 10 heteroatoms. The lowest BCUT2D eigenvalue weighted by atomic mass is 10.1. The number of aryl methyl sites for hydroxylation is 1. The quantitative estimate of drug-likeness (QED) is 0.343. The van der Waals surface area contributed by atoms with Crippen molar-refractivity contribution in [2.75, 3.05) is 5.73 Å². The molecule has 33 heavy (non-hydrogen) atoms.